The summed E-state index contributed by atoms with van der Waals surface area (Å²) in [5, 5.41) is 14.4. The molecule has 1 aliphatic rings. The van der Waals surface area contributed by atoms with E-state index in [-0.39, 0.29) is 11.4 Å². The van der Waals surface area contributed by atoms with E-state index in [1.807, 2.05) is 4.90 Å². The molecular formula is C20H21F3N6O2S. The molecule has 1 amide bonds. The van der Waals surface area contributed by atoms with Crippen LogP contribution in [-0.2, 0) is 17.5 Å². The van der Waals surface area contributed by atoms with Crippen LogP contribution in [0.2, 0.25) is 0 Å². The van der Waals surface area contributed by atoms with Crippen molar-refractivity contribution in [3.05, 3.63) is 47.9 Å². The van der Waals surface area contributed by atoms with Crippen molar-refractivity contribution < 1.29 is 22.4 Å². The molecule has 32 heavy (non-hydrogen) atoms. The number of carbonyl (C=O) groups excluding carboxylic acids is 1. The lowest BCUT2D eigenvalue weighted by Crippen LogP contribution is -2.30. The number of aromatic nitrogens is 4. The largest absolute Gasteiger partial charge is 0.467 e. The van der Waals surface area contributed by atoms with Crippen molar-refractivity contribution in [1.82, 2.24) is 20.2 Å². The Labute approximate surface area is 186 Å². The van der Waals surface area contributed by atoms with Gasteiger partial charge in [-0.15, -0.1) is 5.10 Å². The molecule has 2 aromatic heterocycles. The molecule has 8 nitrogen and oxygen atoms in total. The van der Waals surface area contributed by atoms with E-state index in [2.05, 4.69) is 20.8 Å². The number of nitrogens with zero attached hydrogens (tertiary/aromatic N) is 5. The van der Waals surface area contributed by atoms with Gasteiger partial charge in [-0.1, -0.05) is 11.8 Å². The van der Waals surface area contributed by atoms with Gasteiger partial charge in [0.15, 0.2) is 0 Å². The minimum Gasteiger partial charge on any atom is -0.467 e. The summed E-state index contributed by atoms with van der Waals surface area (Å²) >= 11 is 1.09. The van der Waals surface area contributed by atoms with Gasteiger partial charge in [0.1, 0.15) is 12.3 Å². The highest BCUT2D eigenvalue weighted by Crippen LogP contribution is 2.36. The van der Waals surface area contributed by atoms with Gasteiger partial charge in [0.25, 0.3) is 0 Å². The van der Waals surface area contributed by atoms with Gasteiger partial charge in [-0.3, -0.25) is 4.79 Å². The van der Waals surface area contributed by atoms with Gasteiger partial charge in [-0.25, -0.2) is 4.68 Å². The maximum absolute atomic E-state index is 13.3. The van der Waals surface area contributed by atoms with E-state index in [1.165, 1.54) is 17.0 Å². The zero-order valence-electron chi connectivity index (χ0n) is 17.0. The van der Waals surface area contributed by atoms with Crippen molar-refractivity contribution in [1.29, 1.82) is 0 Å². The molecule has 170 valence electrons. The number of hydrogen-bond donors (Lipinski definition) is 1. The smallest absolute Gasteiger partial charge is 0.416 e. The Kier molecular flexibility index (Phi) is 6.68. The van der Waals surface area contributed by atoms with Crippen LogP contribution in [0.1, 0.15) is 30.6 Å². The van der Waals surface area contributed by atoms with Gasteiger partial charge in [-0.2, -0.15) is 13.2 Å². The van der Waals surface area contributed by atoms with Gasteiger partial charge >= 0.3 is 6.18 Å². The third kappa shape index (κ3) is 5.42. The summed E-state index contributed by atoms with van der Waals surface area (Å²) in [6, 6.07) is 7.00. The summed E-state index contributed by atoms with van der Waals surface area (Å²) in [7, 11) is 0. The fourth-order valence-electron chi connectivity index (χ4n) is 3.49. The van der Waals surface area contributed by atoms with Crippen molar-refractivity contribution in [3.8, 4) is 0 Å². The predicted molar refractivity (Wildman–Crippen MR) is 112 cm³/mol. The van der Waals surface area contributed by atoms with Crippen LogP contribution in [0.25, 0.3) is 0 Å². The number of hydrogen-bond acceptors (Lipinski definition) is 7. The number of halogens is 3. The molecule has 0 saturated carbocycles. The highest BCUT2D eigenvalue weighted by Gasteiger charge is 2.32. The van der Waals surface area contributed by atoms with Gasteiger partial charge in [0.05, 0.1) is 29.0 Å². The molecule has 4 rings (SSSR count). The van der Waals surface area contributed by atoms with Crippen molar-refractivity contribution in [2.24, 2.45) is 0 Å². The Morgan fingerprint density at radius 3 is 2.72 bits per heavy atom. The molecule has 1 N–H and O–H groups in total. The molecule has 3 heterocycles. The molecule has 0 bridgehead atoms. The third-order valence-corrected chi connectivity index (χ3v) is 5.97. The zero-order chi connectivity index (χ0) is 22.6. The Morgan fingerprint density at radius 1 is 1.19 bits per heavy atom. The van der Waals surface area contributed by atoms with E-state index in [4.69, 9.17) is 4.42 Å². The maximum Gasteiger partial charge on any atom is 0.416 e. The van der Waals surface area contributed by atoms with E-state index in [0.29, 0.717) is 23.1 Å². The fraction of sp³-hybridized carbons (Fsp3) is 0.400. The SMILES string of the molecule is O=C(CSc1nnnn1Cc1ccco1)Nc1cc(C(F)(F)F)ccc1N1CCCCC1. The summed E-state index contributed by atoms with van der Waals surface area (Å²) in [4.78, 5) is 14.6. The van der Waals surface area contributed by atoms with Gasteiger partial charge in [-0.05, 0) is 60.0 Å². The van der Waals surface area contributed by atoms with E-state index >= 15 is 0 Å². The minimum absolute atomic E-state index is 0.0613. The second-order valence-electron chi connectivity index (χ2n) is 7.31. The Bertz CT molecular complexity index is 1050. The average molecular weight is 466 g/mol. The molecule has 0 unspecified atom stereocenters. The highest BCUT2D eigenvalue weighted by molar-refractivity contribution is 7.99. The lowest BCUT2D eigenvalue weighted by molar-refractivity contribution is -0.137. The summed E-state index contributed by atoms with van der Waals surface area (Å²) < 4.78 is 46.5. The lowest BCUT2D eigenvalue weighted by Gasteiger charge is -2.31. The summed E-state index contributed by atoms with van der Waals surface area (Å²) in [5.74, 6) is 0.146. The molecule has 0 radical (unpaired) electrons. The maximum atomic E-state index is 13.3. The first-order valence-electron chi connectivity index (χ1n) is 10.1. The Balaban J connectivity index is 1.46. The van der Waals surface area contributed by atoms with Gasteiger partial charge in [0, 0.05) is 13.1 Å². The first-order valence-corrected chi connectivity index (χ1v) is 11.1. The molecule has 0 atom stereocenters. The number of tetrazole rings is 1. The molecule has 1 saturated heterocycles. The standard InChI is InChI=1S/C20H21F3N6O2S/c21-20(22,23)14-6-7-17(28-8-2-1-3-9-28)16(11-14)24-18(30)13-32-19-25-26-27-29(19)12-15-5-4-10-31-15/h4-7,10-11H,1-3,8-9,12-13H2,(H,24,30). The van der Waals surface area contributed by atoms with E-state index in [9.17, 15) is 18.0 Å². The highest BCUT2D eigenvalue weighted by atomic mass is 32.2. The summed E-state index contributed by atoms with van der Waals surface area (Å²) in [5.41, 5.74) is -0.0511. The van der Waals surface area contributed by atoms with Crippen LogP contribution in [0.4, 0.5) is 24.5 Å². The molecule has 1 aromatic carbocycles. The van der Waals surface area contributed by atoms with E-state index < -0.39 is 17.6 Å². The topological polar surface area (TPSA) is 89.1 Å². The summed E-state index contributed by atoms with van der Waals surface area (Å²) in [6.07, 6.45) is 0.0465. The molecule has 0 spiro atoms. The summed E-state index contributed by atoms with van der Waals surface area (Å²) in [6.45, 7) is 1.78. The van der Waals surface area contributed by atoms with Crippen molar-refractivity contribution in [3.63, 3.8) is 0 Å². The first kappa shape index (κ1) is 22.2. The number of thioether (sulfide) groups is 1. The second-order valence-corrected chi connectivity index (χ2v) is 8.26. The number of carbonyl (C=O) groups is 1. The molecular weight excluding hydrogens is 445 g/mol. The molecule has 1 aliphatic heterocycles. The number of piperidine rings is 1. The lowest BCUT2D eigenvalue weighted by atomic mass is 10.1. The number of alkyl halides is 3. The van der Waals surface area contributed by atoms with Crippen LogP contribution in [0.5, 0.6) is 0 Å². The van der Waals surface area contributed by atoms with Crippen LogP contribution in [0, 0.1) is 0 Å². The van der Waals surface area contributed by atoms with Crippen LogP contribution < -0.4 is 10.2 Å². The van der Waals surface area contributed by atoms with Crippen LogP contribution >= 0.6 is 11.8 Å². The van der Waals surface area contributed by atoms with E-state index in [1.54, 1.807) is 12.1 Å². The average Bonchev–Trinajstić information content (AvgIpc) is 3.45. The second kappa shape index (κ2) is 9.63. The quantitative estimate of drug-likeness (QED) is 0.526. The van der Waals surface area contributed by atoms with Gasteiger partial charge in [0.2, 0.25) is 11.1 Å². The van der Waals surface area contributed by atoms with Crippen LogP contribution in [0.3, 0.4) is 0 Å². The Hall–Kier alpha value is -3.02. The number of rotatable bonds is 7. The monoisotopic (exact) mass is 466 g/mol. The van der Waals surface area contributed by atoms with Crippen molar-refractivity contribution in [2.75, 3.05) is 29.1 Å². The van der Waals surface area contributed by atoms with Crippen LogP contribution in [0.15, 0.2) is 46.2 Å². The molecule has 1 fully saturated rings. The number of furan rings is 1. The minimum atomic E-state index is -4.50. The number of nitrogens with one attached hydrogen (secondary N) is 1. The Morgan fingerprint density at radius 2 is 2.00 bits per heavy atom. The predicted octanol–water partition coefficient (Wildman–Crippen LogP) is 4.05. The van der Waals surface area contributed by atoms with Crippen molar-refractivity contribution >= 4 is 29.0 Å². The number of amides is 1. The molecule has 0 aliphatic carbocycles. The third-order valence-electron chi connectivity index (χ3n) is 5.01. The first-order chi connectivity index (χ1) is 15.4. The van der Waals surface area contributed by atoms with E-state index in [0.717, 1.165) is 56.2 Å². The molecule has 3 aromatic rings. The number of benzene rings is 1. The van der Waals surface area contributed by atoms with Crippen LogP contribution in [-0.4, -0.2) is 45.0 Å². The fourth-order valence-corrected chi connectivity index (χ4v) is 4.17. The molecule has 12 heteroatoms. The van der Waals surface area contributed by atoms with Gasteiger partial charge < -0.3 is 14.6 Å². The normalized spacial score (nSPS) is 14.5. The van der Waals surface area contributed by atoms with Crippen molar-refractivity contribution in [2.45, 2.75) is 37.1 Å². The number of anilines is 2. The zero-order valence-corrected chi connectivity index (χ0v) is 17.8.